The maximum atomic E-state index is 10.5. The van der Waals surface area contributed by atoms with Gasteiger partial charge in [-0.2, -0.15) is 0 Å². The highest BCUT2D eigenvalue weighted by molar-refractivity contribution is 5.29. The van der Waals surface area contributed by atoms with Gasteiger partial charge in [0.25, 0.3) is 0 Å². The fourth-order valence-corrected chi connectivity index (χ4v) is 2.88. The number of hydrogen-bond donors (Lipinski definition) is 2. The van der Waals surface area contributed by atoms with Gasteiger partial charge in [-0.05, 0) is 50.2 Å². The quantitative estimate of drug-likeness (QED) is 0.833. The molecule has 0 spiro atoms. The van der Waals surface area contributed by atoms with Crippen molar-refractivity contribution in [3.63, 3.8) is 0 Å². The van der Waals surface area contributed by atoms with Crippen molar-refractivity contribution in [1.82, 2.24) is 10.2 Å². The summed E-state index contributed by atoms with van der Waals surface area (Å²) in [4.78, 5) is 2.39. The van der Waals surface area contributed by atoms with Crippen LogP contribution in [0.15, 0.2) is 24.3 Å². The molecule has 1 saturated heterocycles. The lowest BCUT2D eigenvalue weighted by atomic mass is 10.0. The summed E-state index contributed by atoms with van der Waals surface area (Å²) >= 11 is 0. The number of methoxy groups -OCH3 is 1. The van der Waals surface area contributed by atoms with E-state index in [0.717, 1.165) is 30.9 Å². The average Bonchev–Trinajstić information content (AvgIpc) is 2.53. The Morgan fingerprint density at radius 1 is 1.40 bits per heavy atom. The highest BCUT2D eigenvalue weighted by Crippen LogP contribution is 2.22. The summed E-state index contributed by atoms with van der Waals surface area (Å²) in [6, 6.07) is 8.30. The van der Waals surface area contributed by atoms with Crippen molar-refractivity contribution in [2.75, 3.05) is 33.3 Å². The van der Waals surface area contributed by atoms with Crippen molar-refractivity contribution in [2.45, 2.75) is 31.9 Å². The summed E-state index contributed by atoms with van der Waals surface area (Å²) in [6.07, 6.45) is 1.87. The Kier molecular flexibility index (Phi) is 5.83. The van der Waals surface area contributed by atoms with Crippen molar-refractivity contribution < 1.29 is 9.84 Å². The van der Waals surface area contributed by atoms with Crippen molar-refractivity contribution in [1.29, 1.82) is 0 Å². The van der Waals surface area contributed by atoms with Crippen LogP contribution in [0.1, 0.15) is 31.4 Å². The molecule has 1 aliphatic rings. The predicted octanol–water partition coefficient (Wildman–Crippen LogP) is 1.80. The second-order valence-electron chi connectivity index (χ2n) is 5.36. The van der Waals surface area contributed by atoms with E-state index in [2.05, 4.69) is 17.1 Å². The number of aliphatic hydroxyl groups excluding tert-OH is 1. The van der Waals surface area contributed by atoms with E-state index in [1.54, 1.807) is 7.11 Å². The zero-order valence-corrected chi connectivity index (χ0v) is 12.5. The van der Waals surface area contributed by atoms with Crippen LogP contribution in [0.5, 0.6) is 5.75 Å². The molecular formula is C16H26N2O2. The van der Waals surface area contributed by atoms with Crippen LogP contribution in [0, 0.1) is 0 Å². The molecule has 0 bridgehead atoms. The minimum atomic E-state index is -0.458. The van der Waals surface area contributed by atoms with Gasteiger partial charge in [0.05, 0.1) is 13.2 Å². The van der Waals surface area contributed by atoms with E-state index in [9.17, 15) is 5.11 Å². The number of likely N-dealkylation sites (N-methyl/N-ethyl adjacent to an activating group) is 1. The summed E-state index contributed by atoms with van der Waals surface area (Å²) in [6.45, 7) is 5.99. The Balaban J connectivity index is 1.98. The standard InChI is InChI=1S/C16H26N2O2/c1-3-18(14-7-9-17-10-8-14)12-16(19)13-5-4-6-15(11-13)20-2/h4-6,11,14,16-17,19H,3,7-10,12H2,1-2H3. The van der Waals surface area contributed by atoms with Crippen LogP contribution in [-0.4, -0.2) is 49.3 Å². The lowest BCUT2D eigenvalue weighted by Crippen LogP contribution is -2.44. The first-order chi connectivity index (χ1) is 9.74. The highest BCUT2D eigenvalue weighted by Gasteiger charge is 2.22. The normalized spacial score (nSPS) is 18.2. The molecule has 4 nitrogen and oxygen atoms in total. The lowest BCUT2D eigenvalue weighted by molar-refractivity contribution is 0.0790. The molecule has 20 heavy (non-hydrogen) atoms. The van der Waals surface area contributed by atoms with Crippen LogP contribution in [0.2, 0.25) is 0 Å². The van der Waals surface area contributed by atoms with Gasteiger partial charge in [0.15, 0.2) is 0 Å². The number of aliphatic hydroxyl groups is 1. The second kappa shape index (κ2) is 7.62. The first-order valence-electron chi connectivity index (χ1n) is 7.51. The van der Waals surface area contributed by atoms with E-state index < -0.39 is 6.10 Å². The molecule has 1 fully saturated rings. The van der Waals surface area contributed by atoms with Gasteiger partial charge >= 0.3 is 0 Å². The van der Waals surface area contributed by atoms with E-state index >= 15 is 0 Å². The van der Waals surface area contributed by atoms with Gasteiger partial charge in [0, 0.05) is 12.6 Å². The molecule has 4 heteroatoms. The highest BCUT2D eigenvalue weighted by atomic mass is 16.5. The van der Waals surface area contributed by atoms with Crippen LogP contribution >= 0.6 is 0 Å². The van der Waals surface area contributed by atoms with Gasteiger partial charge in [-0.1, -0.05) is 19.1 Å². The predicted molar refractivity (Wildman–Crippen MR) is 81.1 cm³/mol. The van der Waals surface area contributed by atoms with Crippen LogP contribution in [0.4, 0.5) is 0 Å². The van der Waals surface area contributed by atoms with E-state index in [0.29, 0.717) is 12.6 Å². The molecule has 1 unspecified atom stereocenters. The zero-order valence-electron chi connectivity index (χ0n) is 12.5. The van der Waals surface area contributed by atoms with E-state index in [1.165, 1.54) is 12.8 Å². The SMILES string of the molecule is CCN(CC(O)c1cccc(OC)c1)C1CCNCC1. The van der Waals surface area contributed by atoms with Crippen molar-refractivity contribution in [2.24, 2.45) is 0 Å². The Hall–Kier alpha value is -1.10. The second-order valence-corrected chi connectivity index (χ2v) is 5.36. The van der Waals surface area contributed by atoms with Gasteiger partial charge in [0.1, 0.15) is 5.75 Å². The van der Waals surface area contributed by atoms with Crippen LogP contribution < -0.4 is 10.1 Å². The van der Waals surface area contributed by atoms with Gasteiger partial charge in [-0.15, -0.1) is 0 Å². The topological polar surface area (TPSA) is 44.7 Å². The van der Waals surface area contributed by atoms with E-state index in [-0.39, 0.29) is 0 Å². The Morgan fingerprint density at radius 3 is 2.80 bits per heavy atom. The smallest absolute Gasteiger partial charge is 0.119 e. The Bertz CT molecular complexity index is 405. The molecule has 0 radical (unpaired) electrons. The fourth-order valence-electron chi connectivity index (χ4n) is 2.88. The third-order valence-corrected chi connectivity index (χ3v) is 4.12. The third-order valence-electron chi connectivity index (χ3n) is 4.12. The molecule has 0 aromatic heterocycles. The largest absolute Gasteiger partial charge is 0.497 e. The minimum Gasteiger partial charge on any atom is -0.497 e. The minimum absolute atomic E-state index is 0.458. The molecule has 1 aliphatic heterocycles. The number of benzene rings is 1. The fraction of sp³-hybridized carbons (Fsp3) is 0.625. The van der Waals surface area contributed by atoms with E-state index in [1.807, 2.05) is 24.3 Å². The van der Waals surface area contributed by atoms with Crippen LogP contribution in [0.25, 0.3) is 0 Å². The maximum Gasteiger partial charge on any atom is 0.119 e. The molecular weight excluding hydrogens is 252 g/mol. The van der Waals surface area contributed by atoms with Crippen LogP contribution in [-0.2, 0) is 0 Å². The number of rotatable bonds is 6. The molecule has 1 aromatic carbocycles. The first-order valence-corrected chi connectivity index (χ1v) is 7.51. The summed E-state index contributed by atoms with van der Waals surface area (Å²) < 4.78 is 5.22. The van der Waals surface area contributed by atoms with Gasteiger partial charge in [-0.3, -0.25) is 4.90 Å². The third kappa shape index (κ3) is 3.95. The Labute approximate surface area is 121 Å². The first kappa shape index (κ1) is 15.3. The van der Waals surface area contributed by atoms with Crippen molar-refractivity contribution in [3.8, 4) is 5.75 Å². The van der Waals surface area contributed by atoms with Gasteiger partial charge in [-0.25, -0.2) is 0 Å². The zero-order chi connectivity index (χ0) is 14.4. The lowest BCUT2D eigenvalue weighted by Gasteiger charge is -2.35. The molecule has 2 N–H and O–H groups in total. The molecule has 112 valence electrons. The average molecular weight is 278 g/mol. The monoisotopic (exact) mass is 278 g/mol. The van der Waals surface area contributed by atoms with Crippen LogP contribution in [0.3, 0.4) is 0 Å². The number of ether oxygens (including phenoxy) is 1. The molecule has 1 atom stereocenters. The van der Waals surface area contributed by atoms with Crippen molar-refractivity contribution in [3.05, 3.63) is 29.8 Å². The number of piperidine rings is 1. The van der Waals surface area contributed by atoms with Gasteiger partial charge in [0.2, 0.25) is 0 Å². The summed E-state index contributed by atoms with van der Waals surface area (Å²) in [5, 5.41) is 13.8. The molecule has 1 aromatic rings. The number of hydrogen-bond acceptors (Lipinski definition) is 4. The molecule has 0 aliphatic carbocycles. The van der Waals surface area contributed by atoms with Crippen molar-refractivity contribution >= 4 is 0 Å². The summed E-state index contributed by atoms with van der Waals surface area (Å²) in [5.41, 5.74) is 0.928. The van der Waals surface area contributed by atoms with E-state index in [4.69, 9.17) is 4.74 Å². The Morgan fingerprint density at radius 2 is 2.15 bits per heavy atom. The maximum absolute atomic E-state index is 10.5. The number of nitrogens with zero attached hydrogens (tertiary/aromatic N) is 1. The molecule has 0 amide bonds. The summed E-state index contributed by atoms with van der Waals surface area (Å²) in [5.74, 6) is 0.798. The molecule has 2 rings (SSSR count). The molecule has 1 heterocycles. The molecule has 0 saturated carbocycles. The number of nitrogens with one attached hydrogen (secondary N) is 1. The summed E-state index contributed by atoms with van der Waals surface area (Å²) in [7, 11) is 1.65. The van der Waals surface area contributed by atoms with Gasteiger partial charge < -0.3 is 15.2 Å².